The van der Waals surface area contributed by atoms with Crippen LogP contribution in [0.25, 0.3) is 0 Å². The quantitative estimate of drug-likeness (QED) is 0.797. The fourth-order valence-corrected chi connectivity index (χ4v) is 1.39. The molecule has 15 heavy (non-hydrogen) atoms. The molecule has 0 atom stereocenters. The van der Waals surface area contributed by atoms with Gasteiger partial charge in [0, 0.05) is 5.56 Å². The van der Waals surface area contributed by atoms with E-state index in [9.17, 15) is 4.79 Å². The van der Waals surface area contributed by atoms with Gasteiger partial charge in [0.2, 0.25) is 0 Å². The summed E-state index contributed by atoms with van der Waals surface area (Å²) in [7, 11) is 0. The summed E-state index contributed by atoms with van der Waals surface area (Å²) >= 11 is 0. The molecule has 4 nitrogen and oxygen atoms in total. The highest BCUT2D eigenvalue weighted by Gasteiger charge is 2.14. The molecule has 1 N–H and O–H groups in total. The van der Waals surface area contributed by atoms with Crippen molar-refractivity contribution < 1.29 is 14.6 Å². The molecular formula is C11H9NO3. The lowest BCUT2D eigenvalue weighted by Gasteiger charge is -2.06. The zero-order chi connectivity index (χ0) is 10.7. The van der Waals surface area contributed by atoms with E-state index in [2.05, 4.69) is 4.99 Å². The van der Waals surface area contributed by atoms with Crippen LogP contribution in [0.1, 0.15) is 12.0 Å². The molecular weight excluding hydrogens is 194 g/mol. The molecule has 0 bridgehead atoms. The summed E-state index contributed by atoms with van der Waals surface area (Å²) in [5.74, 6) is -0.273. The van der Waals surface area contributed by atoms with Crippen molar-refractivity contribution in [1.82, 2.24) is 0 Å². The Morgan fingerprint density at radius 3 is 3.00 bits per heavy atom. The fraction of sp³-hybridized carbons (Fsp3) is 0.0909. The van der Waals surface area contributed by atoms with Crippen LogP contribution in [0.15, 0.2) is 41.7 Å². The van der Waals surface area contributed by atoms with Crippen molar-refractivity contribution >= 4 is 11.7 Å². The molecule has 0 spiro atoms. The molecule has 1 aromatic carbocycles. The van der Waals surface area contributed by atoms with Crippen molar-refractivity contribution in [1.29, 1.82) is 0 Å². The SMILES string of the molecule is O=C(O)CC1=NC=COc2ccccc21. The Morgan fingerprint density at radius 2 is 2.20 bits per heavy atom. The number of hydrogen-bond acceptors (Lipinski definition) is 3. The van der Waals surface area contributed by atoms with Crippen molar-refractivity contribution in [2.24, 2.45) is 4.99 Å². The number of aliphatic imine (C=N–C) groups is 1. The van der Waals surface area contributed by atoms with Crippen molar-refractivity contribution in [3.05, 3.63) is 42.3 Å². The van der Waals surface area contributed by atoms with Crippen LogP contribution in [0.2, 0.25) is 0 Å². The fourth-order valence-electron chi connectivity index (χ4n) is 1.39. The van der Waals surface area contributed by atoms with Crippen molar-refractivity contribution in [2.45, 2.75) is 6.42 Å². The number of ether oxygens (including phenoxy) is 1. The van der Waals surface area contributed by atoms with Gasteiger partial charge in [0.25, 0.3) is 0 Å². The number of hydrogen-bond donors (Lipinski definition) is 1. The Morgan fingerprint density at radius 1 is 1.40 bits per heavy atom. The number of rotatable bonds is 2. The normalized spacial score (nSPS) is 13.5. The maximum absolute atomic E-state index is 10.6. The second-order valence-electron chi connectivity index (χ2n) is 3.05. The Labute approximate surface area is 86.5 Å². The molecule has 0 saturated heterocycles. The summed E-state index contributed by atoms with van der Waals surface area (Å²) in [5, 5.41) is 8.74. The van der Waals surface area contributed by atoms with Crippen LogP contribution in [0, 0.1) is 0 Å². The zero-order valence-corrected chi connectivity index (χ0v) is 7.88. The summed E-state index contributed by atoms with van der Waals surface area (Å²) in [6, 6.07) is 7.23. The van der Waals surface area contributed by atoms with E-state index in [1.54, 1.807) is 12.1 Å². The molecule has 4 heteroatoms. The van der Waals surface area contributed by atoms with Crippen LogP contribution in [0.4, 0.5) is 0 Å². The molecule has 0 aromatic heterocycles. The first kappa shape index (κ1) is 9.45. The average Bonchev–Trinajstić information content (AvgIpc) is 2.41. The van der Waals surface area contributed by atoms with Crippen LogP contribution in [-0.4, -0.2) is 16.8 Å². The molecule has 1 aliphatic rings. The van der Waals surface area contributed by atoms with Crippen LogP contribution >= 0.6 is 0 Å². The maximum Gasteiger partial charge on any atom is 0.309 e. The lowest BCUT2D eigenvalue weighted by atomic mass is 10.1. The molecule has 0 radical (unpaired) electrons. The number of benzene rings is 1. The summed E-state index contributed by atoms with van der Waals surface area (Å²) in [6.07, 6.45) is 2.79. The molecule has 2 rings (SSSR count). The van der Waals surface area contributed by atoms with Gasteiger partial charge < -0.3 is 9.84 Å². The summed E-state index contributed by atoms with van der Waals surface area (Å²) in [5.41, 5.74) is 1.23. The van der Waals surface area contributed by atoms with Crippen LogP contribution in [-0.2, 0) is 4.79 Å². The Balaban J connectivity index is 2.43. The van der Waals surface area contributed by atoms with E-state index >= 15 is 0 Å². The number of carboxylic acid groups (broad SMARTS) is 1. The van der Waals surface area contributed by atoms with E-state index in [-0.39, 0.29) is 6.42 Å². The standard InChI is InChI=1S/C11H9NO3/c13-11(14)7-9-8-3-1-2-4-10(8)15-6-5-12-9/h1-6H,7H2,(H,13,14). The second-order valence-corrected chi connectivity index (χ2v) is 3.05. The van der Waals surface area contributed by atoms with Crippen molar-refractivity contribution in [3.63, 3.8) is 0 Å². The van der Waals surface area contributed by atoms with Gasteiger partial charge in [0.05, 0.1) is 18.3 Å². The summed E-state index contributed by atoms with van der Waals surface area (Å²) in [4.78, 5) is 14.7. The lowest BCUT2D eigenvalue weighted by molar-refractivity contribution is -0.135. The molecule has 0 amide bonds. The van der Waals surface area contributed by atoms with E-state index in [0.29, 0.717) is 11.5 Å². The van der Waals surface area contributed by atoms with Crippen LogP contribution in [0.5, 0.6) is 5.75 Å². The largest absolute Gasteiger partial charge is 0.481 e. The Kier molecular flexibility index (Phi) is 2.49. The minimum Gasteiger partial charge on any atom is -0.481 e. The van der Waals surface area contributed by atoms with Crippen LogP contribution in [0.3, 0.4) is 0 Å². The van der Waals surface area contributed by atoms with Gasteiger partial charge in [0.1, 0.15) is 12.0 Å². The molecule has 1 aromatic rings. The number of para-hydroxylation sites is 1. The molecule has 1 aliphatic heterocycles. The molecule has 0 fully saturated rings. The van der Waals surface area contributed by atoms with Gasteiger partial charge in [-0.3, -0.25) is 9.79 Å². The van der Waals surface area contributed by atoms with Gasteiger partial charge >= 0.3 is 5.97 Å². The first-order chi connectivity index (χ1) is 7.27. The maximum atomic E-state index is 10.6. The van der Waals surface area contributed by atoms with Gasteiger partial charge in [-0.15, -0.1) is 0 Å². The third-order valence-corrected chi connectivity index (χ3v) is 2.00. The lowest BCUT2D eigenvalue weighted by Crippen LogP contribution is -2.08. The highest BCUT2D eigenvalue weighted by molar-refractivity contribution is 6.10. The number of aliphatic carboxylic acids is 1. The van der Waals surface area contributed by atoms with E-state index < -0.39 is 5.97 Å². The smallest absolute Gasteiger partial charge is 0.309 e. The van der Waals surface area contributed by atoms with Gasteiger partial charge in [-0.2, -0.15) is 0 Å². The van der Waals surface area contributed by atoms with Gasteiger partial charge in [-0.1, -0.05) is 12.1 Å². The minimum atomic E-state index is -0.904. The van der Waals surface area contributed by atoms with Crippen LogP contribution < -0.4 is 4.74 Å². The third-order valence-electron chi connectivity index (χ3n) is 2.00. The van der Waals surface area contributed by atoms with Crippen molar-refractivity contribution in [2.75, 3.05) is 0 Å². The first-order valence-corrected chi connectivity index (χ1v) is 4.47. The summed E-state index contributed by atoms with van der Waals surface area (Å²) < 4.78 is 5.27. The number of fused-ring (bicyclic) bond motifs is 1. The average molecular weight is 203 g/mol. The highest BCUT2D eigenvalue weighted by atomic mass is 16.5. The number of carboxylic acids is 1. The Bertz CT molecular complexity index is 449. The van der Waals surface area contributed by atoms with Gasteiger partial charge in [-0.05, 0) is 12.1 Å². The molecule has 1 heterocycles. The third kappa shape index (κ3) is 2.04. The van der Waals surface area contributed by atoms with Gasteiger partial charge in [-0.25, -0.2) is 0 Å². The predicted molar refractivity (Wildman–Crippen MR) is 55.0 cm³/mol. The first-order valence-electron chi connectivity index (χ1n) is 4.47. The summed E-state index contributed by atoms with van der Waals surface area (Å²) in [6.45, 7) is 0. The van der Waals surface area contributed by atoms with Crippen molar-refractivity contribution in [3.8, 4) is 5.75 Å². The van der Waals surface area contributed by atoms with Gasteiger partial charge in [0.15, 0.2) is 0 Å². The van der Waals surface area contributed by atoms with E-state index in [1.165, 1.54) is 12.5 Å². The van der Waals surface area contributed by atoms with E-state index in [0.717, 1.165) is 5.56 Å². The highest BCUT2D eigenvalue weighted by Crippen LogP contribution is 2.22. The number of nitrogens with zero attached hydrogens (tertiary/aromatic N) is 1. The molecule has 0 unspecified atom stereocenters. The monoisotopic (exact) mass is 203 g/mol. The topological polar surface area (TPSA) is 58.9 Å². The zero-order valence-electron chi connectivity index (χ0n) is 7.88. The second kappa shape index (κ2) is 3.96. The Hall–Kier alpha value is -2.10. The molecule has 0 aliphatic carbocycles. The van der Waals surface area contributed by atoms with E-state index in [4.69, 9.17) is 9.84 Å². The minimum absolute atomic E-state index is 0.106. The van der Waals surface area contributed by atoms with E-state index in [1.807, 2.05) is 12.1 Å². The molecule has 76 valence electrons. The molecule has 0 saturated carbocycles. The number of carbonyl (C=O) groups is 1. The predicted octanol–water partition coefficient (Wildman–Crippen LogP) is 1.81.